The quantitative estimate of drug-likeness (QED) is 0.671. The van der Waals surface area contributed by atoms with Gasteiger partial charge in [0.2, 0.25) is 0 Å². The Kier molecular flexibility index (Phi) is 5.69. The van der Waals surface area contributed by atoms with Crippen LogP contribution in [0.25, 0.3) is 0 Å². The summed E-state index contributed by atoms with van der Waals surface area (Å²) < 4.78 is 10.8. The lowest BCUT2D eigenvalue weighted by Gasteiger charge is -2.53. The highest BCUT2D eigenvalue weighted by Gasteiger charge is 2.47. The zero-order chi connectivity index (χ0) is 12.0. The van der Waals surface area contributed by atoms with Crippen LogP contribution < -0.4 is 5.73 Å². The second-order valence-electron chi connectivity index (χ2n) is 4.49. The Labute approximate surface area is 99.1 Å². The normalized spacial score (nSPS) is 29.4. The van der Waals surface area contributed by atoms with E-state index in [0.29, 0.717) is 12.6 Å². The van der Waals surface area contributed by atoms with Gasteiger partial charge in [-0.3, -0.25) is 4.90 Å². The molecule has 1 rings (SSSR count). The van der Waals surface area contributed by atoms with E-state index in [1.807, 2.05) is 6.92 Å². The Balaban J connectivity index is 2.46. The van der Waals surface area contributed by atoms with E-state index in [2.05, 4.69) is 11.8 Å². The summed E-state index contributed by atoms with van der Waals surface area (Å²) in [6.45, 7) is 8.51. The van der Waals surface area contributed by atoms with E-state index in [-0.39, 0.29) is 5.54 Å². The summed E-state index contributed by atoms with van der Waals surface area (Å²) in [6, 6.07) is 0. The highest BCUT2D eigenvalue weighted by atomic mass is 16.5. The lowest BCUT2D eigenvalue weighted by atomic mass is 9.72. The van der Waals surface area contributed by atoms with Crippen molar-refractivity contribution in [2.24, 2.45) is 5.73 Å². The van der Waals surface area contributed by atoms with E-state index in [4.69, 9.17) is 15.2 Å². The van der Waals surface area contributed by atoms with Crippen LogP contribution >= 0.6 is 0 Å². The second kappa shape index (κ2) is 6.55. The van der Waals surface area contributed by atoms with Crippen molar-refractivity contribution in [3.63, 3.8) is 0 Å². The predicted octanol–water partition coefficient (Wildman–Crippen LogP) is 0.851. The molecular weight excluding hydrogens is 204 g/mol. The van der Waals surface area contributed by atoms with Crippen LogP contribution in [-0.2, 0) is 9.47 Å². The van der Waals surface area contributed by atoms with Crippen molar-refractivity contribution in [3.8, 4) is 0 Å². The van der Waals surface area contributed by atoms with Gasteiger partial charge in [0.1, 0.15) is 0 Å². The van der Waals surface area contributed by atoms with Gasteiger partial charge in [0.05, 0.1) is 12.7 Å². The Morgan fingerprint density at radius 3 is 2.50 bits per heavy atom. The molecule has 0 aromatic heterocycles. The summed E-state index contributed by atoms with van der Waals surface area (Å²) >= 11 is 0. The van der Waals surface area contributed by atoms with Gasteiger partial charge in [0.25, 0.3) is 0 Å². The minimum absolute atomic E-state index is 0.160. The third kappa shape index (κ3) is 2.94. The van der Waals surface area contributed by atoms with Crippen molar-refractivity contribution in [3.05, 3.63) is 0 Å². The van der Waals surface area contributed by atoms with E-state index in [9.17, 15) is 0 Å². The molecule has 0 unspecified atom stereocenters. The molecule has 0 aromatic carbocycles. The number of hydrogen-bond acceptors (Lipinski definition) is 4. The average molecular weight is 230 g/mol. The van der Waals surface area contributed by atoms with Crippen LogP contribution in [0.3, 0.4) is 0 Å². The van der Waals surface area contributed by atoms with Crippen molar-refractivity contribution in [2.75, 3.05) is 40.0 Å². The highest BCUT2D eigenvalue weighted by Crippen LogP contribution is 2.38. The fourth-order valence-electron chi connectivity index (χ4n) is 2.63. The van der Waals surface area contributed by atoms with Gasteiger partial charge in [-0.1, -0.05) is 6.92 Å². The highest BCUT2D eigenvalue weighted by molar-refractivity contribution is 5.04. The summed E-state index contributed by atoms with van der Waals surface area (Å²) in [7, 11) is 1.74. The first-order valence-corrected chi connectivity index (χ1v) is 6.28. The Morgan fingerprint density at radius 2 is 2.06 bits per heavy atom. The molecular formula is C12H26N2O2. The van der Waals surface area contributed by atoms with Crippen molar-refractivity contribution >= 4 is 0 Å². The van der Waals surface area contributed by atoms with Gasteiger partial charge in [0.15, 0.2) is 0 Å². The topological polar surface area (TPSA) is 47.7 Å². The van der Waals surface area contributed by atoms with Gasteiger partial charge in [-0.15, -0.1) is 0 Å². The molecule has 0 bridgehead atoms. The molecule has 1 fully saturated rings. The molecule has 0 spiro atoms. The third-order valence-electron chi connectivity index (χ3n) is 3.62. The van der Waals surface area contributed by atoms with Crippen LogP contribution in [0.2, 0.25) is 0 Å². The smallest absolute Gasteiger partial charge is 0.0611 e. The fourth-order valence-corrected chi connectivity index (χ4v) is 2.63. The Morgan fingerprint density at radius 1 is 1.38 bits per heavy atom. The number of ether oxygens (including phenoxy) is 2. The molecule has 4 heteroatoms. The monoisotopic (exact) mass is 230 g/mol. The maximum Gasteiger partial charge on any atom is 0.0611 e. The van der Waals surface area contributed by atoms with Gasteiger partial charge in [-0.25, -0.2) is 0 Å². The second-order valence-corrected chi connectivity index (χ2v) is 4.49. The zero-order valence-electron chi connectivity index (χ0n) is 10.9. The Bertz CT molecular complexity index is 193. The molecule has 1 aliphatic rings. The van der Waals surface area contributed by atoms with Gasteiger partial charge < -0.3 is 15.2 Å². The van der Waals surface area contributed by atoms with Crippen molar-refractivity contribution in [1.29, 1.82) is 0 Å². The molecule has 0 amide bonds. The van der Waals surface area contributed by atoms with Crippen LogP contribution in [0.5, 0.6) is 0 Å². The number of nitrogens with two attached hydrogens (primary N) is 1. The van der Waals surface area contributed by atoms with Crippen molar-refractivity contribution in [1.82, 2.24) is 4.90 Å². The summed E-state index contributed by atoms with van der Waals surface area (Å²) in [5.41, 5.74) is 6.10. The molecule has 0 radical (unpaired) electrons. The lowest BCUT2D eigenvalue weighted by molar-refractivity contribution is -0.102. The summed E-state index contributed by atoms with van der Waals surface area (Å²) in [5.74, 6) is 0. The molecule has 16 heavy (non-hydrogen) atoms. The number of likely N-dealkylation sites (N-methyl/N-ethyl adjacent to an activating group) is 1. The number of nitrogens with zero attached hydrogens (tertiary/aromatic N) is 1. The molecule has 2 N–H and O–H groups in total. The molecule has 0 aromatic rings. The van der Waals surface area contributed by atoms with Crippen molar-refractivity contribution < 1.29 is 9.47 Å². The van der Waals surface area contributed by atoms with Crippen LogP contribution in [-0.4, -0.2) is 56.5 Å². The number of methoxy groups -OCH3 is 1. The van der Waals surface area contributed by atoms with Crippen LogP contribution in [0.4, 0.5) is 0 Å². The largest absolute Gasteiger partial charge is 0.383 e. The summed E-state index contributed by atoms with van der Waals surface area (Å²) in [4.78, 5) is 2.44. The zero-order valence-corrected chi connectivity index (χ0v) is 10.9. The third-order valence-corrected chi connectivity index (χ3v) is 3.62. The molecule has 1 aliphatic carbocycles. The van der Waals surface area contributed by atoms with Crippen LogP contribution in [0.1, 0.15) is 26.7 Å². The van der Waals surface area contributed by atoms with Crippen molar-refractivity contribution in [2.45, 2.75) is 38.3 Å². The van der Waals surface area contributed by atoms with Crippen LogP contribution in [0.15, 0.2) is 0 Å². The first-order chi connectivity index (χ1) is 7.72. The van der Waals surface area contributed by atoms with E-state index < -0.39 is 0 Å². The maximum absolute atomic E-state index is 5.94. The Hall–Kier alpha value is -0.160. The molecule has 0 heterocycles. The SMILES string of the molecule is CCOC1CC(CN)(N(CC)CCOC)C1. The molecule has 4 nitrogen and oxygen atoms in total. The molecule has 0 atom stereocenters. The van der Waals surface area contributed by atoms with Gasteiger partial charge >= 0.3 is 0 Å². The average Bonchev–Trinajstić information content (AvgIpc) is 2.25. The minimum Gasteiger partial charge on any atom is -0.383 e. The molecule has 0 aliphatic heterocycles. The molecule has 96 valence electrons. The van der Waals surface area contributed by atoms with E-state index in [1.54, 1.807) is 7.11 Å². The number of rotatable bonds is 8. The molecule has 1 saturated carbocycles. The number of hydrogen-bond donors (Lipinski definition) is 1. The first kappa shape index (κ1) is 13.9. The summed E-state index contributed by atoms with van der Waals surface area (Å²) in [5, 5.41) is 0. The van der Waals surface area contributed by atoms with Crippen LogP contribution in [0, 0.1) is 0 Å². The standard InChI is InChI=1S/C12H26N2O2/c1-4-14(6-7-15-3)12(10-13)8-11(9-12)16-5-2/h11H,4-10,13H2,1-3H3. The van der Waals surface area contributed by atoms with Gasteiger partial charge in [0, 0.05) is 32.3 Å². The lowest BCUT2D eigenvalue weighted by Crippen LogP contribution is -2.64. The minimum atomic E-state index is 0.160. The molecule has 0 saturated heterocycles. The first-order valence-electron chi connectivity index (χ1n) is 6.28. The van der Waals surface area contributed by atoms with Gasteiger partial charge in [-0.05, 0) is 26.3 Å². The predicted molar refractivity (Wildman–Crippen MR) is 65.6 cm³/mol. The van der Waals surface area contributed by atoms with Gasteiger partial charge in [-0.2, -0.15) is 0 Å². The van der Waals surface area contributed by atoms with E-state index in [0.717, 1.165) is 39.1 Å². The summed E-state index contributed by atoms with van der Waals surface area (Å²) in [6.07, 6.45) is 2.54. The van der Waals surface area contributed by atoms with E-state index in [1.165, 1.54) is 0 Å². The maximum atomic E-state index is 5.94. The van der Waals surface area contributed by atoms with E-state index >= 15 is 0 Å². The fraction of sp³-hybridized carbons (Fsp3) is 1.00.